The maximum Gasteiger partial charge on any atom is 0.249 e. The van der Waals surface area contributed by atoms with Gasteiger partial charge in [0, 0.05) is 13.1 Å². The predicted octanol–water partition coefficient (Wildman–Crippen LogP) is 1.58. The van der Waals surface area contributed by atoms with Crippen molar-refractivity contribution in [3.8, 4) is 0 Å². The van der Waals surface area contributed by atoms with Gasteiger partial charge >= 0.3 is 0 Å². The largest absolute Gasteiger partial charge is 0.364 e. The molecule has 0 radical (unpaired) electrons. The number of carbonyl (C=O) groups is 1. The molecule has 1 heterocycles. The smallest absolute Gasteiger partial charge is 0.249 e. The van der Waals surface area contributed by atoms with Crippen LogP contribution < -0.4 is 11.1 Å². The van der Waals surface area contributed by atoms with Crippen molar-refractivity contribution < 1.29 is 9.53 Å². The zero-order valence-electron chi connectivity index (χ0n) is 11.2. The van der Waals surface area contributed by atoms with Gasteiger partial charge in [0.2, 0.25) is 5.91 Å². The molecule has 2 aliphatic rings. The lowest BCUT2D eigenvalue weighted by atomic mass is 9.87. The summed E-state index contributed by atoms with van der Waals surface area (Å²) < 4.78 is 5.58. The van der Waals surface area contributed by atoms with Crippen LogP contribution in [0.3, 0.4) is 0 Å². The number of nitrogens with one attached hydrogen (secondary N) is 1. The van der Waals surface area contributed by atoms with Crippen LogP contribution in [0.1, 0.15) is 51.4 Å². The van der Waals surface area contributed by atoms with Gasteiger partial charge in [-0.2, -0.15) is 0 Å². The van der Waals surface area contributed by atoms with E-state index in [1.807, 2.05) is 0 Å². The second-order valence-corrected chi connectivity index (χ2v) is 5.64. The van der Waals surface area contributed by atoms with Gasteiger partial charge in [0.25, 0.3) is 0 Å². The fourth-order valence-corrected chi connectivity index (χ4v) is 3.06. The number of ether oxygens (including phenoxy) is 1. The summed E-state index contributed by atoms with van der Waals surface area (Å²) in [4.78, 5) is 11.9. The van der Waals surface area contributed by atoms with Gasteiger partial charge in [0.1, 0.15) is 6.10 Å². The van der Waals surface area contributed by atoms with E-state index in [1.54, 1.807) is 0 Å². The first kappa shape index (κ1) is 13.8. The van der Waals surface area contributed by atoms with E-state index in [2.05, 4.69) is 5.32 Å². The Hall–Kier alpha value is -0.610. The minimum atomic E-state index is -0.259. The van der Waals surface area contributed by atoms with Gasteiger partial charge in [-0.1, -0.05) is 32.1 Å². The lowest BCUT2D eigenvalue weighted by molar-refractivity contribution is -0.131. The summed E-state index contributed by atoms with van der Waals surface area (Å²) >= 11 is 0. The molecule has 3 N–H and O–H groups in total. The molecule has 0 aromatic rings. The highest BCUT2D eigenvalue weighted by molar-refractivity contribution is 5.80. The lowest BCUT2D eigenvalue weighted by Crippen LogP contribution is -2.36. The predicted molar refractivity (Wildman–Crippen MR) is 71.2 cm³/mol. The molecule has 2 atom stereocenters. The van der Waals surface area contributed by atoms with Gasteiger partial charge in [-0.05, 0) is 25.2 Å². The number of amides is 1. The number of hydrogen-bond donors (Lipinski definition) is 2. The Labute approximate surface area is 110 Å². The molecule has 1 amide bonds. The first-order valence-corrected chi connectivity index (χ1v) is 7.43. The van der Waals surface area contributed by atoms with E-state index in [1.165, 1.54) is 32.1 Å². The number of carbonyl (C=O) groups excluding carboxylic acids is 1. The van der Waals surface area contributed by atoms with E-state index in [4.69, 9.17) is 10.5 Å². The first-order chi connectivity index (χ1) is 8.79. The molecule has 18 heavy (non-hydrogen) atoms. The molecule has 104 valence electrons. The maximum absolute atomic E-state index is 11.9. The van der Waals surface area contributed by atoms with Crippen molar-refractivity contribution in [1.29, 1.82) is 0 Å². The van der Waals surface area contributed by atoms with Crippen LogP contribution in [0.5, 0.6) is 0 Å². The third-order valence-corrected chi connectivity index (χ3v) is 4.24. The average molecular weight is 254 g/mol. The fraction of sp³-hybridized carbons (Fsp3) is 0.929. The Bertz CT molecular complexity index is 265. The minimum Gasteiger partial charge on any atom is -0.364 e. The molecule has 0 unspecified atom stereocenters. The van der Waals surface area contributed by atoms with Crippen LogP contribution in [-0.4, -0.2) is 31.2 Å². The monoisotopic (exact) mass is 254 g/mol. The highest BCUT2D eigenvalue weighted by Gasteiger charge is 2.29. The second-order valence-electron chi connectivity index (χ2n) is 5.64. The van der Waals surface area contributed by atoms with E-state index in [-0.39, 0.29) is 18.1 Å². The fourth-order valence-electron chi connectivity index (χ4n) is 3.06. The van der Waals surface area contributed by atoms with Crippen molar-refractivity contribution in [1.82, 2.24) is 5.32 Å². The molecular formula is C14H26N2O2. The van der Waals surface area contributed by atoms with E-state index < -0.39 is 0 Å². The number of nitrogens with two attached hydrogens (primary N) is 1. The number of hydrogen-bond acceptors (Lipinski definition) is 3. The van der Waals surface area contributed by atoms with Crippen LogP contribution in [0.4, 0.5) is 0 Å². The Morgan fingerprint density at radius 1 is 1.17 bits per heavy atom. The summed E-state index contributed by atoms with van der Waals surface area (Å²) in [7, 11) is 0. The summed E-state index contributed by atoms with van der Waals surface area (Å²) in [5, 5.41) is 3.01. The van der Waals surface area contributed by atoms with E-state index in [0.29, 0.717) is 6.54 Å². The van der Waals surface area contributed by atoms with Gasteiger partial charge in [-0.3, -0.25) is 4.79 Å². The van der Waals surface area contributed by atoms with Gasteiger partial charge in [0.05, 0.1) is 6.10 Å². The summed E-state index contributed by atoms with van der Waals surface area (Å²) in [5.74, 6) is 0.877. The summed E-state index contributed by atoms with van der Waals surface area (Å²) in [5.41, 5.74) is 5.54. The molecule has 0 spiro atoms. The van der Waals surface area contributed by atoms with Crippen LogP contribution in [0.15, 0.2) is 0 Å². The zero-order valence-corrected chi connectivity index (χ0v) is 11.2. The van der Waals surface area contributed by atoms with Gasteiger partial charge in [0.15, 0.2) is 0 Å². The molecule has 4 heteroatoms. The van der Waals surface area contributed by atoms with Gasteiger partial charge < -0.3 is 15.8 Å². The normalized spacial score (nSPS) is 29.4. The van der Waals surface area contributed by atoms with Crippen molar-refractivity contribution in [2.75, 3.05) is 13.1 Å². The highest BCUT2D eigenvalue weighted by Crippen LogP contribution is 2.25. The Kier molecular flexibility index (Phi) is 5.45. The van der Waals surface area contributed by atoms with Crippen molar-refractivity contribution in [3.63, 3.8) is 0 Å². The molecule has 1 aliphatic carbocycles. The first-order valence-electron chi connectivity index (χ1n) is 7.43. The topological polar surface area (TPSA) is 64.4 Å². The van der Waals surface area contributed by atoms with Crippen LogP contribution in [0, 0.1) is 5.92 Å². The molecular weight excluding hydrogens is 228 g/mol. The van der Waals surface area contributed by atoms with Crippen molar-refractivity contribution >= 4 is 5.91 Å². The highest BCUT2D eigenvalue weighted by atomic mass is 16.5. The lowest BCUT2D eigenvalue weighted by Gasteiger charge is -2.21. The zero-order chi connectivity index (χ0) is 12.8. The molecule has 1 saturated carbocycles. The Morgan fingerprint density at radius 2 is 1.94 bits per heavy atom. The van der Waals surface area contributed by atoms with Crippen molar-refractivity contribution in [2.24, 2.45) is 11.7 Å². The molecule has 1 aliphatic heterocycles. The van der Waals surface area contributed by atoms with Crippen LogP contribution in [-0.2, 0) is 9.53 Å². The van der Waals surface area contributed by atoms with E-state index in [0.717, 1.165) is 31.7 Å². The quantitative estimate of drug-likeness (QED) is 0.783. The number of rotatable bonds is 5. The average Bonchev–Trinajstić information content (AvgIpc) is 2.89. The minimum absolute atomic E-state index is 0.0572. The molecule has 1 saturated heterocycles. The molecule has 0 bridgehead atoms. The molecule has 2 rings (SSSR count). The SMILES string of the molecule is NC[C@H]1CC[C@@H](C(=O)NCCC2CCCCC2)O1. The summed E-state index contributed by atoms with van der Waals surface area (Å²) in [6.07, 6.45) is 9.47. The molecule has 2 fully saturated rings. The third-order valence-electron chi connectivity index (χ3n) is 4.24. The third kappa shape index (κ3) is 3.95. The van der Waals surface area contributed by atoms with Crippen molar-refractivity contribution in [2.45, 2.75) is 63.6 Å². The van der Waals surface area contributed by atoms with Crippen molar-refractivity contribution in [3.05, 3.63) is 0 Å². The van der Waals surface area contributed by atoms with E-state index >= 15 is 0 Å². The second kappa shape index (κ2) is 7.10. The van der Waals surface area contributed by atoms with Crippen LogP contribution in [0.2, 0.25) is 0 Å². The summed E-state index contributed by atoms with van der Waals surface area (Å²) in [6, 6.07) is 0. The summed E-state index contributed by atoms with van der Waals surface area (Å²) in [6.45, 7) is 1.32. The van der Waals surface area contributed by atoms with Crippen LogP contribution in [0.25, 0.3) is 0 Å². The Balaban J connectivity index is 1.60. The van der Waals surface area contributed by atoms with Gasteiger partial charge in [-0.15, -0.1) is 0 Å². The maximum atomic E-state index is 11.9. The van der Waals surface area contributed by atoms with Gasteiger partial charge in [-0.25, -0.2) is 0 Å². The molecule has 0 aromatic carbocycles. The standard InChI is InChI=1S/C14H26N2O2/c15-10-12-6-7-13(18-12)14(17)16-9-8-11-4-2-1-3-5-11/h11-13H,1-10,15H2,(H,16,17)/t12-,13+/m1/s1. The van der Waals surface area contributed by atoms with E-state index in [9.17, 15) is 4.79 Å². The molecule has 0 aromatic heterocycles. The Morgan fingerprint density at radius 3 is 2.61 bits per heavy atom. The molecule has 4 nitrogen and oxygen atoms in total. The van der Waals surface area contributed by atoms with Crippen LogP contribution >= 0.6 is 0 Å².